The molecule has 22 heavy (non-hydrogen) atoms. The second kappa shape index (κ2) is 6.98. The van der Waals surface area contributed by atoms with E-state index in [0.717, 1.165) is 34.9 Å². The van der Waals surface area contributed by atoms with Crippen LogP contribution in [-0.2, 0) is 4.79 Å². The number of nitrogens with one attached hydrogen (secondary N) is 1. The Morgan fingerprint density at radius 3 is 2.50 bits per heavy atom. The third-order valence-corrected chi connectivity index (χ3v) is 5.42. The zero-order chi connectivity index (χ0) is 15.5. The first-order valence-corrected chi connectivity index (χ1v) is 9.09. The summed E-state index contributed by atoms with van der Waals surface area (Å²) in [6, 6.07) is 7.70. The fourth-order valence-electron chi connectivity index (χ4n) is 2.78. The van der Waals surface area contributed by atoms with Gasteiger partial charge in [0.25, 0.3) is 11.1 Å². The van der Waals surface area contributed by atoms with Crippen molar-refractivity contribution >= 4 is 44.9 Å². The normalized spacial score (nSPS) is 21.9. The topological polar surface area (TPSA) is 41.8 Å². The number of halogens is 1. The van der Waals surface area contributed by atoms with E-state index in [9.17, 15) is 9.59 Å². The number of carbonyl (C=O) groups is 2. The molecular formula is C16H18BrN2O2S+. The van der Waals surface area contributed by atoms with Crippen LogP contribution in [0.5, 0.6) is 0 Å². The minimum absolute atomic E-state index is 0.147. The van der Waals surface area contributed by atoms with Crippen LogP contribution in [0.15, 0.2) is 33.6 Å². The van der Waals surface area contributed by atoms with E-state index >= 15 is 0 Å². The van der Waals surface area contributed by atoms with Crippen molar-refractivity contribution < 1.29 is 14.5 Å². The average Bonchev–Trinajstić information content (AvgIpc) is 2.78. The van der Waals surface area contributed by atoms with Crippen molar-refractivity contribution in [2.45, 2.75) is 19.3 Å². The van der Waals surface area contributed by atoms with Crippen molar-refractivity contribution in [3.63, 3.8) is 0 Å². The van der Waals surface area contributed by atoms with E-state index in [1.165, 1.54) is 29.1 Å². The molecule has 0 unspecified atom stereocenters. The van der Waals surface area contributed by atoms with E-state index in [4.69, 9.17) is 0 Å². The van der Waals surface area contributed by atoms with E-state index in [-0.39, 0.29) is 11.1 Å². The Morgan fingerprint density at radius 1 is 1.14 bits per heavy atom. The molecule has 3 rings (SSSR count). The number of quaternary nitrogens is 1. The maximum atomic E-state index is 12.5. The van der Waals surface area contributed by atoms with Gasteiger partial charge in [-0.3, -0.25) is 9.59 Å². The lowest BCUT2D eigenvalue weighted by Gasteiger charge is -2.26. The third kappa shape index (κ3) is 3.62. The van der Waals surface area contributed by atoms with Crippen LogP contribution in [0.1, 0.15) is 24.8 Å². The number of rotatable bonds is 3. The van der Waals surface area contributed by atoms with Crippen molar-refractivity contribution in [2.75, 3.05) is 19.8 Å². The SMILES string of the molecule is O=C1S/C(=C/c2ccc(Br)cc2)C(=O)N1C[NH+]1CCCCC1. The van der Waals surface area contributed by atoms with Crippen LogP contribution in [0, 0.1) is 0 Å². The van der Waals surface area contributed by atoms with Crippen molar-refractivity contribution in [1.29, 1.82) is 0 Å². The van der Waals surface area contributed by atoms with Crippen LogP contribution >= 0.6 is 27.7 Å². The number of piperidine rings is 1. The van der Waals surface area contributed by atoms with Crippen LogP contribution in [-0.4, -0.2) is 35.8 Å². The Kier molecular flexibility index (Phi) is 5.00. The summed E-state index contributed by atoms with van der Waals surface area (Å²) in [6.07, 6.45) is 5.41. The van der Waals surface area contributed by atoms with Crippen LogP contribution in [0.3, 0.4) is 0 Å². The van der Waals surface area contributed by atoms with Crippen LogP contribution in [0.4, 0.5) is 4.79 Å². The van der Waals surface area contributed by atoms with Gasteiger partial charge in [0.15, 0.2) is 6.67 Å². The summed E-state index contributed by atoms with van der Waals surface area (Å²) in [7, 11) is 0. The molecule has 2 amide bonds. The molecule has 1 aromatic rings. The van der Waals surface area contributed by atoms with Gasteiger partial charge in [-0.2, -0.15) is 0 Å². The van der Waals surface area contributed by atoms with Gasteiger partial charge in [0.05, 0.1) is 18.0 Å². The minimum Gasteiger partial charge on any atom is -0.317 e. The van der Waals surface area contributed by atoms with Crippen molar-refractivity contribution in [1.82, 2.24) is 4.90 Å². The molecule has 0 bridgehead atoms. The molecule has 2 saturated heterocycles. The first-order valence-electron chi connectivity index (χ1n) is 7.48. The molecule has 0 aliphatic carbocycles. The number of imide groups is 1. The fourth-order valence-corrected chi connectivity index (χ4v) is 3.88. The van der Waals surface area contributed by atoms with E-state index in [1.54, 1.807) is 6.08 Å². The quantitative estimate of drug-likeness (QED) is 0.817. The van der Waals surface area contributed by atoms with Gasteiger partial charge in [-0.25, -0.2) is 4.90 Å². The first kappa shape index (κ1) is 15.8. The lowest BCUT2D eigenvalue weighted by Crippen LogP contribution is -3.14. The Hall–Kier alpha value is -1.11. The predicted octanol–water partition coefficient (Wildman–Crippen LogP) is 2.51. The molecule has 2 heterocycles. The van der Waals surface area contributed by atoms with Crippen LogP contribution in [0.2, 0.25) is 0 Å². The largest absolute Gasteiger partial charge is 0.317 e. The number of hydrogen-bond donors (Lipinski definition) is 1. The summed E-state index contributed by atoms with van der Waals surface area (Å²) < 4.78 is 0.992. The molecular weight excluding hydrogens is 364 g/mol. The number of benzene rings is 1. The van der Waals surface area contributed by atoms with Gasteiger partial charge >= 0.3 is 0 Å². The van der Waals surface area contributed by atoms with Gasteiger partial charge in [-0.15, -0.1) is 0 Å². The first-order chi connectivity index (χ1) is 10.6. The summed E-state index contributed by atoms with van der Waals surface area (Å²) in [5.74, 6) is -0.156. The van der Waals surface area contributed by atoms with Gasteiger partial charge in [0.2, 0.25) is 0 Å². The fraction of sp³-hybridized carbons (Fsp3) is 0.375. The molecule has 0 radical (unpaired) electrons. The maximum absolute atomic E-state index is 12.5. The maximum Gasteiger partial charge on any atom is 0.298 e. The zero-order valence-electron chi connectivity index (χ0n) is 12.2. The molecule has 2 aliphatic heterocycles. The van der Waals surface area contributed by atoms with E-state index in [2.05, 4.69) is 15.9 Å². The van der Waals surface area contributed by atoms with E-state index < -0.39 is 0 Å². The zero-order valence-corrected chi connectivity index (χ0v) is 14.6. The Bertz CT molecular complexity index is 609. The highest BCUT2D eigenvalue weighted by atomic mass is 79.9. The number of likely N-dealkylation sites (tertiary alicyclic amines) is 1. The Labute approximate surface area is 142 Å². The molecule has 1 aromatic carbocycles. The lowest BCUT2D eigenvalue weighted by atomic mass is 10.1. The second-order valence-electron chi connectivity index (χ2n) is 5.63. The number of amides is 2. The third-order valence-electron chi connectivity index (χ3n) is 3.98. The number of thioether (sulfide) groups is 1. The Morgan fingerprint density at radius 2 is 1.82 bits per heavy atom. The summed E-state index contributed by atoms with van der Waals surface area (Å²) in [6.45, 7) is 2.60. The highest BCUT2D eigenvalue weighted by Crippen LogP contribution is 2.31. The van der Waals surface area contributed by atoms with Crippen molar-refractivity contribution in [2.24, 2.45) is 0 Å². The van der Waals surface area contributed by atoms with Gasteiger partial charge in [0.1, 0.15) is 0 Å². The summed E-state index contributed by atoms with van der Waals surface area (Å²) in [5, 5.41) is -0.147. The highest BCUT2D eigenvalue weighted by Gasteiger charge is 2.37. The number of hydrogen-bond acceptors (Lipinski definition) is 3. The van der Waals surface area contributed by atoms with Gasteiger partial charge in [0, 0.05) is 4.47 Å². The summed E-state index contributed by atoms with van der Waals surface area (Å²) >= 11 is 4.43. The molecule has 2 fully saturated rings. The van der Waals surface area contributed by atoms with Crippen LogP contribution < -0.4 is 4.90 Å². The lowest BCUT2D eigenvalue weighted by molar-refractivity contribution is -0.912. The molecule has 6 heteroatoms. The molecule has 0 saturated carbocycles. The molecule has 0 atom stereocenters. The highest BCUT2D eigenvalue weighted by molar-refractivity contribution is 9.10. The van der Waals surface area contributed by atoms with Crippen molar-refractivity contribution in [3.05, 3.63) is 39.2 Å². The molecule has 0 aromatic heterocycles. The van der Waals surface area contributed by atoms with Gasteiger partial charge in [-0.1, -0.05) is 28.1 Å². The predicted molar refractivity (Wildman–Crippen MR) is 91.4 cm³/mol. The molecule has 2 aliphatic rings. The average molecular weight is 382 g/mol. The standard InChI is InChI=1S/C16H17BrN2O2S/c17-13-6-4-12(5-7-13)10-14-15(20)19(16(21)22-14)11-18-8-2-1-3-9-18/h4-7,10H,1-3,8-9,11H2/p+1/b14-10+. The molecule has 4 nitrogen and oxygen atoms in total. The summed E-state index contributed by atoms with van der Waals surface area (Å²) in [4.78, 5) is 27.8. The van der Waals surface area contributed by atoms with Gasteiger partial charge in [-0.05, 0) is 54.8 Å². The second-order valence-corrected chi connectivity index (χ2v) is 7.54. The number of nitrogens with zero attached hydrogens (tertiary/aromatic N) is 1. The molecule has 0 spiro atoms. The molecule has 1 N–H and O–H groups in total. The summed E-state index contributed by atoms with van der Waals surface area (Å²) in [5.41, 5.74) is 0.930. The smallest absolute Gasteiger partial charge is 0.298 e. The van der Waals surface area contributed by atoms with E-state index in [0.29, 0.717) is 11.6 Å². The number of carbonyl (C=O) groups excluding carboxylic acids is 2. The van der Waals surface area contributed by atoms with E-state index in [1.807, 2.05) is 24.3 Å². The van der Waals surface area contributed by atoms with Crippen molar-refractivity contribution in [3.8, 4) is 0 Å². The molecule has 116 valence electrons. The monoisotopic (exact) mass is 381 g/mol. The Balaban J connectivity index is 1.71. The van der Waals surface area contributed by atoms with Crippen LogP contribution in [0.25, 0.3) is 6.08 Å². The van der Waals surface area contributed by atoms with Gasteiger partial charge < -0.3 is 4.90 Å². The minimum atomic E-state index is -0.156.